The number of pyridine rings is 1. The van der Waals surface area contributed by atoms with E-state index in [0.717, 1.165) is 23.6 Å². The van der Waals surface area contributed by atoms with E-state index >= 15 is 0 Å². The van der Waals surface area contributed by atoms with Crippen molar-refractivity contribution in [1.82, 2.24) is 10.3 Å². The summed E-state index contributed by atoms with van der Waals surface area (Å²) in [7, 11) is 0. The van der Waals surface area contributed by atoms with Crippen LogP contribution in [0.15, 0.2) is 36.5 Å². The zero-order valence-electron chi connectivity index (χ0n) is 12.0. The molecule has 1 aromatic carbocycles. The number of amides is 1. The lowest BCUT2D eigenvalue weighted by Crippen LogP contribution is -2.34. The zero-order chi connectivity index (χ0) is 14.2. The highest BCUT2D eigenvalue weighted by Crippen LogP contribution is 2.37. The standard InChI is InChI=1S/C17H20N2O/c1-17(2)9-7-13(11-17)19-16(20)15-14-6-4-3-5-12(14)8-10-18-15/h3-6,8,10,13H,7,9,11H2,1-2H3,(H,19,20). The molecule has 1 atom stereocenters. The highest BCUT2D eigenvalue weighted by Gasteiger charge is 2.32. The molecule has 3 nitrogen and oxygen atoms in total. The van der Waals surface area contributed by atoms with Crippen molar-refractivity contribution in [2.75, 3.05) is 0 Å². The van der Waals surface area contributed by atoms with Crippen molar-refractivity contribution in [2.45, 2.75) is 39.2 Å². The molecule has 1 N–H and O–H groups in total. The van der Waals surface area contributed by atoms with Crippen molar-refractivity contribution in [1.29, 1.82) is 0 Å². The van der Waals surface area contributed by atoms with Crippen molar-refractivity contribution in [3.63, 3.8) is 0 Å². The van der Waals surface area contributed by atoms with Gasteiger partial charge in [0.2, 0.25) is 0 Å². The van der Waals surface area contributed by atoms with Crippen LogP contribution in [0.25, 0.3) is 10.8 Å². The molecule has 0 radical (unpaired) electrons. The van der Waals surface area contributed by atoms with E-state index in [1.165, 1.54) is 6.42 Å². The van der Waals surface area contributed by atoms with Crippen LogP contribution in [0.1, 0.15) is 43.6 Å². The molecule has 3 rings (SSSR count). The highest BCUT2D eigenvalue weighted by molar-refractivity contribution is 6.05. The van der Waals surface area contributed by atoms with Gasteiger partial charge in [0.25, 0.3) is 5.91 Å². The van der Waals surface area contributed by atoms with Crippen LogP contribution in [-0.4, -0.2) is 16.9 Å². The number of carbonyl (C=O) groups excluding carboxylic acids is 1. The Bertz CT molecular complexity index is 643. The topological polar surface area (TPSA) is 42.0 Å². The molecule has 104 valence electrons. The van der Waals surface area contributed by atoms with Gasteiger partial charge in [-0.05, 0) is 36.1 Å². The number of benzene rings is 1. The van der Waals surface area contributed by atoms with Gasteiger partial charge in [-0.3, -0.25) is 9.78 Å². The lowest BCUT2D eigenvalue weighted by atomic mass is 9.92. The van der Waals surface area contributed by atoms with Gasteiger partial charge in [0.05, 0.1) is 0 Å². The van der Waals surface area contributed by atoms with E-state index < -0.39 is 0 Å². The molecule has 2 aromatic rings. The number of nitrogens with one attached hydrogen (secondary N) is 1. The molecule has 0 spiro atoms. The van der Waals surface area contributed by atoms with Crippen molar-refractivity contribution >= 4 is 16.7 Å². The predicted molar refractivity (Wildman–Crippen MR) is 80.6 cm³/mol. The molecule has 1 saturated carbocycles. The highest BCUT2D eigenvalue weighted by atomic mass is 16.1. The molecule has 1 aromatic heterocycles. The molecule has 1 aliphatic rings. The van der Waals surface area contributed by atoms with Crippen LogP contribution in [0, 0.1) is 5.41 Å². The first-order chi connectivity index (χ1) is 9.55. The molecule has 1 heterocycles. The number of fused-ring (bicyclic) bond motifs is 1. The van der Waals surface area contributed by atoms with Crippen LogP contribution >= 0.6 is 0 Å². The van der Waals surface area contributed by atoms with Crippen LogP contribution in [0.3, 0.4) is 0 Å². The van der Waals surface area contributed by atoms with Crippen LogP contribution in [0.2, 0.25) is 0 Å². The first-order valence-corrected chi connectivity index (χ1v) is 7.20. The fourth-order valence-corrected chi connectivity index (χ4v) is 3.11. The van der Waals surface area contributed by atoms with Gasteiger partial charge in [-0.1, -0.05) is 38.1 Å². The summed E-state index contributed by atoms with van der Waals surface area (Å²) in [5.74, 6) is -0.0514. The second-order valence-electron chi connectivity index (χ2n) is 6.46. The van der Waals surface area contributed by atoms with Gasteiger partial charge in [-0.25, -0.2) is 0 Å². The average molecular weight is 268 g/mol. The van der Waals surface area contributed by atoms with Crippen molar-refractivity contribution in [2.24, 2.45) is 5.41 Å². The molecule has 3 heteroatoms. The SMILES string of the molecule is CC1(C)CCC(NC(=O)c2nccc3ccccc23)C1. The Morgan fingerprint density at radius 1 is 1.30 bits per heavy atom. The minimum Gasteiger partial charge on any atom is -0.348 e. The van der Waals surface area contributed by atoms with E-state index in [9.17, 15) is 4.79 Å². The van der Waals surface area contributed by atoms with Crippen LogP contribution < -0.4 is 5.32 Å². The minimum atomic E-state index is -0.0514. The summed E-state index contributed by atoms with van der Waals surface area (Å²) < 4.78 is 0. The van der Waals surface area contributed by atoms with E-state index in [1.54, 1.807) is 6.20 Å². The van der Waals surface area contributed by atoms with E-state index in [2.05, 4.69) is 24.1 Å². The second kappa shape index (κ2) is 4.89. The minimum absolute atomic E-state index is 0.0514. The second-order valence-corrected chi connectivity index (χ2v) is 6.46. The van der Waals surface area contributed by atoms with E-state index in [4.69, 9.17) is 0 Å². The van der Waals surface area contributed by atoms with Crippen LogP contribution in [0.5, 0.6) is 0 Å². The summed E-state index contributed by atoms with van der Waals surface area (Å²) in [5.41, 5.74) is 0.872. The van der Waals surface area contributed by atoms with E-state index in [1.807, 2.05) is 30.3 Å². The van der Waals surface area contributed by atoms with Crippen LogP contribution in [-0.2, 0) is 0 Å². The number of aromatic nitrogens is 1. The Morgan fingerprint density at radius 2 is 2.10 bits per heavy atom. The molecular weight excluding hydrogens is 248 g/mol. The molecule has 1 aliphatic carbocycles. The fourth-order valence-electron chi connectivity index (χ4n) is 3.11. The zero-order valence-corrected chi connectivity index (χ0v) is 12.0. The van der Waals surface area contributed by atoms with Gasteiger partial charge in [-0.2, -0.15) is 0 Å². The summed E-state index contributed by atoms with van der Waals surface area (Å²) >= 11 is 0. The molecule has 1 amide bonds. The summed E-state index contributed by atoms with van der Waals surface area (Å²) in [6.45, 7) is 4.52. The predicted octanol–water partition coefficient (Wildman–Crippen LogP) is 3.54. The third kappa shape index (κ3) is 2.53. The first kappa shape index (κ1) is 13.1. The Balaban J connectivity index is 1.83. The molecule has 0 bridgehead atoms. The molecule has 0 aliphatic heterocycles. The first-order valence-electron chi connectivity index (χ1n) is 7.20. The van der Waals surface area contributed by atoms with Gasteiger partial charge < -0.3 is 5.32 Å². The maximum Gasteiger partial charge on any atom is 0.270 e. The van der Waals surface area contributed by atoms with Gasteiger partial charge >= 0.3 is 0 Å². The largest absolute Gasteiger partial charge is 0.348 e. The van der Waals surface area contributed by atoms with Gasteiger partial charge in [-0.15, -0.1) is 0 Å². The summed E-state index contributed by atoms with van der Waals surface area (Å²) in [6, 6.07) is 10.1. The number of hydrogen-bond donors (Lipinski definition) is 1. The maximum atomic E-state index is 12.5. The quantitative estimate of drug-likeness (QED) is 0.905. The number of carbonyl (C=O) groups is 1. The molecule has 1 unspecified atom stereocenters. The number of rotatable bonds is 2. The average Bonchev–Trinajstić information content (AvgIpc) is 2.77. The molecule has 0 saturated heterocycles. The molecular formula is C17H20N2O. The number of nitrogens with zero attached hydrogens (tertiary/aromatic N) is 1. The molecule has 1 fully saturated rings. The summed E-state index contributed by atoms with van der Waals surface area (Å²) in [6.07, 6.45) is 4.98. The van der Waals surface area contributed by atoms with Gasteiger partial charge in [0.1, 0.15) is 5.69 Å². The fraction of sp³-hybridized carbons (Fsp3) is 0.412. The van der Waals surface area contributed by atoms with Gasteiger partial charge in [0.15, 0.2) is 0 Å². The van der Waals surface area contributed by atoms with E-state index in [0.29, 0.717) is 11.1 Å². The Kier molecular flexibility index (Phi) is 3.20. The lowest BCUT2D eigenvalue weighted by Gasteiger charge is -2.18. The smallest absolute Gasteiger partial charge is 0.270 e. The van der Waals surface area contributed by atoms with Crippen LogP contribution in [0.4, 0.5) is 0 Å². The normalized spacial score (nSPS) is 21.0. The van der Waals surface area contributed by atoms with Gasteiger partial charge in [0, 0.05) is 17.6 Å². The lowest BCUT2D eigenvalue weighted by molar-refractivity contribution is 0.0933. The third-order valence-corrected chi connectivity index (χ3v) is 4.19. The van der Waals surface area contributed by atoms with Crippen molar-refractivity contribution < 1.29 is 4.79 Å². The summed E-state index contributed by atoms with van der Waals surface area (Å²) in [4.78, 5) is 16.7. The Hall–Kier alpha value is -1.90. The summed E-state index contributed by atoms with van der Waals surface area (Å²) in [5, 5.41) is 5.12. The third-order valence-electron chi connectivity index (χ3n) is 4.19. The Morgan fingerprint density at radius 3 is 2.85 bits per heavy atom. The maximum absolute atomic E-state index is 12.5. The van der Waals surface area contributed by atoms with Crippen molar-refractivity contribution in [3.8, 4) is 0 Å². The molecule has 20 heavy (non-hydrogen) atoms. The van der Waals surface area contributed by atoms with Crippen molar-refractivity contribution in [3.05, 3.63) is 42.2 Å². The Labute approximate surface area is 119 Å². The van der Waals surface area contributed by atoms with E-state index in [-0.39, 0.29) is 11.9 Å². The number of hydrogen-bond acceptors (Lipinski definition) is 2. The monoisotopic (exact) mass is 268 g/mol.